The molecule has 0 radical (unpaired) electrons. The second-order valence-electron chi connectivity index (χ2n) is 11.8. The highest BCUT2D eigenvalue weighted by atomic mass is 16.5. The number of aryl methyl sites for hydroxylation is 1. The van der Waals surface area contributed by atoms with Gasteiger partial charge < -0.3 is 25.7 Å². The lowest BCUT2D eigenvalue weighted by molar-refractivity contribution is -0.130. The molecule has 43 heavy (non-hydrogen) atoms. The SMILES string of the molecule is CNC(=O)CNC(=O)C(C)(COC)c1ccc2[nH]c([C@@H](NC(=O)c3ccnn3C)[C@H](c3ccccc3)C3(C)CC3)nc2c1. The van der Waals surface area contributed by atoms with Crippen LogP contribution in [0.2, 0.25) is 0 Å². The van der Waals surface area contributed by atoms with Crippen molar-refractivity contribution in [1.29, 1.82) is 0 Å². The Morgan fingerprint density at radius 1 is 1.14 bits per heavy atom. The maximum absolute atomic E-state index is 13.6. The van der Waals surface area contributed by atoms with Crippen LogP contribution < -0.4 is 16.0 Å². The van der Waals surface area contributed by atoms with Crippen LogP contribution in [-0.2, 0) is 26.8 Å². The summed E-state index contributed by atoms with van der Waals surface area (Å²) in [4.78, 5) is 47.1. The number of hydrogen-bond donors (Lipinski definition) is 4. The highest BCUT2D eigenvalue weighted by Gasteiger charge is 2.50. The molecule has 11 nitrogen and oxygen atoms in total. The number of aromatic nitrogens is 4. The number of amides is 3. The number of nitrogens with zero attached hydrogens (tertiary/aromatic N) is 3. The number of nitrogens with one attached hydrogen (secondary N) is 4. The second-order valence-corrected chi connectivity index (χ2v) is 11.8. The molecule has 0 bridgehead atoms. The minimum atomic E-state index is -1.07. The molecule has 5 rings (SSSR count). The number of ether oxygens (including phenoxy) is 1. The molecular formula is C32H39N7O4. The van der Waals surface area contributed by atoms with Crippen LogP contribution in [0.3, 0.4) is 0 Å². The summed E-state index contributed by atoms with van der Waals surface area (Å²) in [5, 5.41) is 12.7. The standard InChI is InChI=1S/C32H39N7O4/c1-31(14-15-31)26(20-9-7-6-8-10-20)27(38-29(41)24-13-16-35-39(24)4)28-36-22-12-11-21(17-23(22)37-28)32(2,19-43-5)30(42)34-18-25(40)33-3/h6-13,16-17,26-27H,14-15,18-19H2,1-5H3,(H,33,40)(H,34,42)(H,36,37)(H,38,41)/t26-,27-,32?/m0/s1. The number of likely N-dealkylation sites (N-methyl/N-ethyl adjacent to an activating group) is 1. The van der Waals surface area contributed by atoms with Crippen LogP contribution in [-0.4, -0.2) is 64.8 Å². The average molecular weight is 586 g/mol. The summed E-state index contributed by atoms with van der Waals surface area (Å²) in [6.07, 6.45) is 3.68. The van der Waals surface area contributed by atoms with Gasteiger partial charge in [-0.3, -0.25) is 19.1 Å². The largest absolute Gasteiger partial charge is 0.383 e. The molecule has 0 aliphatic heterocycles. The molecule has 1 aliphatic rings. The fourth-order valence-corrected chi connectivity index (χ4v) is 5.82. The fourth-order valence-electron chi connectivity index (χ4n) is 5.82. The Balaban J connectivity index is 1.55. The number of benzene rings is 2. The van der Waals surface area contributed by atoms with Crippen molar-refractivity contribution in [3.63, 3.8) is 0 Å². The number of hydrogen-bond acceptors (Lipinski definition) is 6. The lowest BCUT2D eigenvalue weighted by atomic mass is 9.78. The normalized spacial score (nSPS) is 16.6. The molecule has 4 aromatic rings. The monoisotopic (exact) mass is 585 g/mol. The van der Waals surface area contributed by atoms with Crippen molar-refractivity contribution in [3.8, 4) is 0 Å². The van der Waals surface area contributed by atoms with E-state index in [4.69, 9.17) is 9.72 Å². The van der Waals surface area contributed by atoms with Crippen molar-refractivity contribution in [1.82, 2.24) is 35.7 Å². The summed E-state index contributed by atoms with van der Waals surface area (Å²) in [7, 11) is 4.79. The summed E-state index contributed by atoms with van der Waals surface area (Å²) in [6, 6.07) is 17.1. The highest BCUT2D eigenvalue weighted by molar-refractivity contribution is 5.93. The van der Waals surface area contributed by atoms with Crippen LogP contribution in [0.1, 0.15) is 66.1 Å². The fraction of sp³-hybridized carbons (Fsp3) is 0.406. The Kier molecular flexibility index (Phi) is 8.36. The summed E-state index contributed by atoms with van der Waals surface area (Å²) in [6.45, 7) is 4.00. The maximum Gasteiger partial charge on any atom is 0.270 e. The number of methoxy groups -OCH3 is 1. The van der Waals surface area contributed by atoms with Crippen molar-refractivity contribution in [2.24, 2.45) is 12.5 Å². The third kappa shape index (κ3) is 6.03. The smallest absolute Gasteiger partial charge is 0.270 e. The first-order valence-corrected chi connectivity index (χ1v) is 14.4. The van der Waals surface area contributed by atoms with Gasteiger partial charge >= 0.3 is 0 Å². The van der Waals surface area contributed by atoms with E-state index in [0.717, 1.165) is 23.9 Å². The highest BCUT2D eigenvalue weighted by Crippen LogP contribution is 2.59. The van der Waals surface area contributed by atoms with E-state index in [1.165, 1.54) is 14.2 Å². The number of aromatic amines is 1. The van der Waals surface area contributed by atoms with Gasteiger partial charge in [-0.2, -0.15) is 5.10 Å². The predicted molar refractivity (Wildman–Crippen MR) is 162 cm³/mol. The number of carbonyl (C=O) groups is 3. The lowest BCUT2D eigenvalue weighted by Crippen LogP contribution is -2.48. The van der Waals surface area contributed by atoms with Gasteiger partial charge in [-0.15, -0.1) is 0 Å². The van der Waals surface area contributed by atoms with E-state index in [-0.39, 0.29) is 42.2 Å². The topological polar surface area (TPSA) is 143 Å². The Hall–Kier alpha value is -4.51. The predicted octanol–water partition coefficient (Wildman–Crippen LogP) is 3.12. The minimum absolute atomic E-state index is 0.0181. The molecule has 1 saturated carbocycles. The van der Waals surface area contributed by atoms with Crippen molar-refractivity contribution in [2.75, 3.05) is 27.3 Å². The van der Waals surface area contributed by atoms with Crippen molar-refractivity contribution >= 4 is 28.8 Å². The van der Waals surface area contributed by atoms with Gasteiger partial charge in [-0.05, 0) is 54.5 Å². The number of carbonyl (C=O) groups excluding carboxylic acids is 3. The van der Waals surface area contributed by atoms with Gasteiger partial charge in [0, 0.05) is 33.3 Å². The van der Waals surface area contributed by atoms with Crippen molar-refractivity contribution < 1.29 is 19.1 Å². The first-order chi connectivity index (χ1) is 20.6. The Bertz CT molecular complexity index is 1620. The summed E-state index contributed by atoms with van der Waals surface area (Å²) >= 11 is 0. The van der Waals surface area contributed by atoms with E-state index in [0.29, 0.717) is 22.6 Å². The van der Waals surface area contributed by atoms with Gasteiger partial charge in [-0.25, -0.2) is 4.98 Å². The Morgan fingerprint density at radius 3 is 2.51 bits per heavy atom. The van der Waals surface area contributed by atoms with Crippen molar-refractivity contribution in [2.45, 2.75) is 44.1 Å². The molecule has 226 valence electrons. The summed E-state index contributed by atoms with van der Waals surface area (Å²) < 4.78 is 7.00. The van der Waals surface area contributed by atoms with Gasteiger partial charge in [-0.1, -0.05) is 43.3 Å². The molecule has 3 amide bonds. The van der Waals surface area contributed by atoms with Crippen LogP contribution in [0.4, 0.5) is 0 Å². The minimum Gasteiger partial charge on any atom is -0.383 e. The van der Waals surface area contributed by atoms with Crippen LogP contribution >= 0.6 is 0 Å². The molecule has 2 aromatic carbocycles. The summed E-state index contributed by atoms with van der Waals surface area (Å²) in [5.41, 5.74) is 2.61. The number of imidazole rings is 1. The molecule has 0 spiro atoms. The van der Waals surface area contributed by atoms with E-state index in [9.17, 15) is 14.4 Å². The number of fused-ring (bicyclic) bond motifs is 1. The van der Waals surface area contributed by atoms with Crippen LogP contribution in [0.25, 0.3) is 11.0 Å². The van der Waals surface area contributed by atoms with E-state index in [2.05, 4.69) is 45.1 Å². The zero-order chi connectivity index (χ0) is 30.8. The van der Waals surface area contributed by atoms with E-state index in [1.807, 2.05) is 36.4 Å². The molecule has 1 unspecified atom stereocenters. The van der Waals surface area contributed by atoms with Gasteiger partial charge in [0.25, 0.3) is 5.91 Å². The molecule has 1 aliphatic carbocycles. The van der Waals surface area contributed by atoms with Gasteiger partial charge in [0.2, 0.25) is 11.8 Å². The van der Waals surface area contributed by atoms with E-state index < -0.39 is 11.5 Å². The zero-order valence-corrected chi connectivity index (χ0v) is 25.2. The van der Waals surface area contributed by atoms with Gasteiger partial charge in [0.1, 0.15) is 11.5 Å². The van der Waals surface area contributed by atoms with Crippen LogP contribution in [0, 0.1) is 5.41 Å². The third-order valence-corrected chi connectivity index (χ3v) is 8.68. The van der Waals surface area contributed by atoms with Crippen molar-refractivity contribution in [3.05, 3.63) is 83.4 Å². The number of rotatable bonds is 12. The molecule has 0 saturated heterocycles. The van der Waals surface area contributed by atoms with E-state index in [1.54, 1.807) is 30.9 Å². The van der Waals surface area contributed by atoms with Crippen LogP contribution in [0.15, 0.2) is 60.8 Å². The molecule has 3 atom stereocenters. The van der Waals surface area contributed by atoms with Gasteiger partial charge in [0.05, 0.1) is 35.6 Å². The Labute approximate surface area is 250 Å². The first-order valence-electron chi connectivity index (χ1n) is 14.4. The quantitative estimate of drug-likeness (QED) is 0.201. The molecule has 2 aromatic heterocycles. The zero-order valence-electron chi connectivity index (χ0n) is 25.2. The van der Waals surface area contributed by atoms with Crippen LogP contribution in [0.5, 0.6) is 0 Å². The lowest BCUT2D eigenvalue weighted by Gasteiger charge is -2.32. The molecule has 2 heterocycles. The molecule has 1 fully saturated rings. The number of H-pyrrole nitrogens is 1. The summed E-state index contributed by atoms with van der Waals surface area (Å²) in [5.74, 6) is -0.281. The maximum atomic E-state index is 13.6. The molecular weight excluding hydrogens is 546 g/mol. The average Bonchev–Trinajstić information content (AvgIpc) is 3.38. The molecule has 4 N–H and O–H groups in total. The second kappa shape index (κ2) is 12.0. The first kappa shape index (κ1) is 30.0. The molecule has 11 heteroatoms. The Morgan fingerprint density at radius 2 is 1.88 bits per heavy atom. The van der Waals surface area contributed by atoms with E-state index >= 15 is 0 Å². The third-order valence-electron chi connectivity index (χ3n) is 8.68. The van der Waals surface area contributed by atoms with Gasteiger partial charge in [0.15, 0.2) is 0 Å².